The summed E-state index contributed by atoms with van der Waals surface area (Å²) in [6.45, 7) is 1.87. The number of anilines is 1. The maximum atomic E-state index is 12.2. The van der Waals surface area contributed by atoms with E-state index in [2.05, 4.69) is 17.2 Å². The Kier molecular flexibility index (Phi) is 4.75. The first kappa shape index (κ1) is 16.4. The van der Waals surface area contributed by atoms with Gasteiger partial charge in [0.2, 0.25) is 5.78 Å². The van der Waals surface area contributed by atoms with E-state index < -0.39 is 5.54 Å². The summed E-state index contributed by atoms with van der Waals surface area (Å²) in [5, 5.41) is 5.82. The van der Waals surface area contributed by atoms with Crippen LogP contribution in [0.1, 0.15) is 22.4 Å². The quantitative estimate of drug-likeness (QED) is 0.397. The highest BCUT2D eigenvalue weighted by atomic mass is 35.5. The zero-order chi connectivity index (χ0) is 17.0. The minimum Gasteiger partial charge on any atom is -0.466 e. The van der Waals surface area contributed by atoms with Crippen LogP contribution in [0.25, 0.3) is 0 Å². The summed E-state index contributed by atoms with van der Waals surface area (Å²) in [6, 6.07) is 14.5. The average molecular weight is 356 g/mol. The highest BCUT2D eigenvalue weighted by Crippen LogP contribution is 2.27. The number of thiophene rings is 1. The molecule has 0 amide bonds. The van der Waals surface area contributed by atoms with E-state index in [4.69, 9.17) is 16.0 Å². The molecule has 1 aromatic carbocycles. The van der Waals surface area contributed by atoms with Crippen LogP contribution in [-0.2, 0) is 5.54 Å². The molecule has 1 unspecified atom stereocenters. The summed E-state index contributed by atoms with van der Waals surface area (Å²) in [7, 11) is 0. The smallest absolute Gasteiger partial charge is 0.245 e. The van der Waals surface area contributed by atoms with Crippen LogP contribution < -0.4 is 5.32 Å². The Morgan fingerprint density at radius 2 is 2.00 bits per heavy atom. The van der Waals surface area contributed by atoms with Gasteiger partial charge in [0.05, 0.1) is 11.1 Å². The molecule has 3 nitrogen and oxygen atoms in total. The van der Waals surface area contributed by atoms with Crippen LogP contribution in [0.5, 0.6) is 0 Å². The lowest BCUT2D eigenvalue weighted by Crippen LogP contribution is -2.30. The molecule has 0 fully saturated rings. The van der Waals surface area contributed by atoms with Crippen molar-refractivity contribution in [3.05, 3.63) is 75.8 Å². The Balaban J connectivity index is 1.92. The Bertz CT molecular complexity index is 874. The second-order valence-electron chi connectivity index (χ2n) is 5.29. The number of hydrogen-bond acceptors (Lipinski definition) is 4. The molecule has 1 N–H and O–H groups in total. The lowest BCUT2D eigenvalue weighted by atomic mass is 9.98. The number of ketones is 1. The lowest BCUT2D eigenvalue weighted by Gasteiger charge is -2.24. The van der Waals surface area contributed by atoms with Gasteiger partial charge in [-0.3, -0.25) is 4.79 Å². The summed E-state index contributed by atoms with van der Waals surface area (Å²) < 4.78 is 5.52. The molecule has 24 heavy (non-hydrogen) atoms. The summed E-state index contributed by atoms with van der Waals surface area (Å²) in [5.41, 5.74) is -0.0132. The zero-order valence-corrected chi connectivity index (χ0v) is 14.4. The van der Waals surface area contributed by atoms with E-state index in [0.29, 0.717) is 15.7 Å². The lowest BCUT2D eigenvalue weighted by molar-refractivity contribution is 0.106. The number of halogens is 1. The minimum absolute atomic E-state index is 0.208. The van der Waals surface area contributed by atoms with E-state index in [1.165, 1.54) is 11.3 Å². The van der Waals surface area contributed by atoms with Gasteiger partial charge in [-0.1, -0.05) is 23.6 Å². The van der Waals surface area contributed by atoms with Gasteiger partial charge < -0.3 is 9.73 Å². The van der Waals surface area contributed by atoms with Crippen molar-refractivity contribution in [1.29, 1.82) is 0 Å². The van der Waals surface area contributed by atoms with E-state index in [9.17, 15) is 4.79 Å². The fourth-order valence-corrected chi connectivity index (χ4v) is 2.94. The van der Waals surface area contributed by atoms with E-state index >= 15 is 0 Å². The predicted octanol–water partition coefficient (Wildman–Crippen LogP) is 5.21. The van der Waals surface area contributed by atoms with Crippen LogP contribution in [0.3, 0.4) is 0 Å². The van der Waals surface area contributed by atoms with Gasteiger partial charge >= 0.3 is 0 Å². The van der Waals surface area contributed by atoms with Crippen LogP contribution in [0.15, 0.2) is 64.6 Å². The van der Waals surface area contributed by atoms with Crippen molar-refractivity contribution in [2.24, 2.45) is 0 Å². The van der Waals surface area contributed by atoms with Crippen molar-refractivity contribution >= 4 is 34.4 Å². The van der Waals surface area contributed by atoms with Crippen molar-refractivity contribution in [2.75, 3.05) is 5.32 Å². The van der Waals surface area contributed by atoms with Gasteiger partial charge in [-0.25, -0.2) is 0 Å². The molecule has 120 valence electrons. The largest absolute Gasteiger partial charge is 0.466 e. The normalized spacial score (nSPS) is 12.8. The Hall–Kier alpha value is -2.48. The van der Waals surface area contributed by atoms with Gasteiger partial charge in [0.15, 0.2) is 5.54 Å². The molecule has 2 aromatic heterocycles. The third-order valence-electron chi connectivity index (χ3n) is 3.42. The Labute approximate surface area is 149 Å². The highest BCUT2D eigenvalue weighted by Gasteiger charge is 2.27. The van der Waals surface area contributed by atoms with Crippen LogP contribution in [0, 0.1) is 11.8 Å². The summed E-state index contributed by atoms with van der Waals surface area (Å²) in [6.07, 6.45) is 1.58. The first-order valence-corrected chi connectivity index (χ1v) is 8.51. The van der Waals surface area contributed by atoms with Crippen molar-refractivity contribution in [3.63, 3.8) is 0 Å². The third-order valence-corrected chi connectivity index (χ3v) is 4.54. The minimum atomic E-state index is -0.843. The average Bonchev–Trinajstić information content (AvgIpc) is 3.28. The maximum absolute atomic E-state index is 12.2. The molecule has 0 saturated heterocycles. The van der Waals surface area contributed by atoms with E-state index in [-0.39, 0.29) is 5.78 Å². The number of furan rings is 1. The molecule has 3 aromatic rings. The molecule has 0 bridgehead atoms. The monoisotopic (exact) mass is 355 g/mol. The molecule has 0 saturated carbocycles. The van der Waals surface area contributed by atoms with Crippen molar-refractivity contribution in [3.8, 4) is 11.8 Å². The standard InChI is InChI=1S/C19H14ClNO2S/c1-19(18-5-2-12-23-18,21-15-8-6-14(20)7-9-15)11-10-16(22)17-4-3-13-24-17/h2-9,12-13,21H,1H3. The topological polar surface area (TPSA) is 42.2 Å². The van der Waals surface area contributed by atoms with Crippen LogP contribution in [-0.4, -0.2) is 5.78 Å². The first-order valence-electron chi connectivity index (χ1n) is 7.25. The molecule has 0 aliphatic rings. The van der Waals surface area contributed by atoms with Crippen LogP contribution >= 0.6 is 22.9 Å². The number of rotatable bonds is 4. The molecule has 0 aliphatic heterocycles. The van der Waals surface area contributed by atoms with Gasteiger partial charge in [-0.05, 0) is 60.7 Å². The molecule has 0 radical (unpaired) electrons. The van der Waals surface area contributed by atoms with E-state index in [1.807, 2.05) is 36.6 Å². The SMILES string of the molecule is CC(C#CC(=O)c1cccs1)(Nc1ccc(Cl)cc1)c1ccco1. The van der Waals surface area contributed by atoms with E-state index in [0.717, 1.165) is 5.69 Å². The third kappa shape index (κ3) is 3.70. The second kappa shape index (κ2) is 6.96. The first-order chi connectivity index (χ1) is 11.6. The number of carbonyl (C=O) groups excluding carboxylic acids is 1. The van der Waals surface area contributed by atoms with Crippen molar-refractivity contribution in [2.45, 2.75) is 12.5 Å². The van der Waals surface area contributed by atoms with Crippen molar-refractivity contribution in [1.82, 2.24) is 0 Å². The summed E-state index contributed by atoms with van der Waals surface area (Å²) in [5.74, 6) is 6.16. The highest BCUT2D eigenvalue weighted by molar-refractivity contribution is 7.12. The molecule has 3 rings (SSSR count). The van der Waals surface area contributed by atoms with Crippen molar-refractivity contribution < 1.29 is 9.21 Å². The number of benzene rings is 1. The summed E-state index contributed by atoms with van der Waals surface area (Å²) >= 11 is 7.30. The zero-order valence-electron chi connectivity index (χ0n) is 12.9. The molecular weight excluding hydrogens is 342 g/mol. The molecular formula is C19H14ClNO2S. The number of Topliss-reactive ketones (excluding diaryl/α,β-unsaturated/α-hetero) is 1. The molecule has 1 atom stereocenters. The number of nitrogens with one attached hydrogen (secondary N) is 1. The van der Waals surface area contributed by atoms with Gasteiger partial charge in [0.1, 0.15) is 5.76 Å². The number of carbonyl (C=O) groups is 1. The van der Waals surface area contributed by atoms with Gasteiger partial charge in [-0.15, -0.1) is 11.3 Å². The molecule has 0 aliphatic carbocycles. The molecule has 0 spiro atoms. The van der Waals surface area contributed by atoms with Crippen LogP contribution in [0.4, 0.5) is 5.69 Å². The molecule has 5 heteroatoms. The van der Waals surface area contributed by atoms with Gasteiger partial charge in [-0.2, -0.15) is 0 Å². The van der Waals surface area contributed by atoms with E-state index in [1.54, 1.807) is 30.5 Å². The fraction of sp³-hybridized carbons (Fsp3) is 0.105. The van der Waals surface area contributed by atoms with Gasteiger partial charge in [0, 0.05) is 10.7 Å². The second-order valence-corrected chi connectivity index (χ2v) is 6.67. The predicted molar refractivity (Wildman–Crippen MR) is 97.6 cm³/mol. The summed E-state index contributed by atoms with van der Waals surface area (Å²) in [4.78, 5) is 12.8. The Morgan fingerprint density at radius 1 is 1.21 bits per heavy atom. The molecule has 2 heterocycles. The fourth-order valence-electron chi connectivity index (χ4n) is 2.19. The number of hydrogen-bond donors (Lipinski definition) is 1. The van der Waals surface area contributed by atoms with Crippen LogP contribution in [0.2, 0.25) is 5.02 Å². The Morgan fingerprint density at radius 3 is 2.62 bits per heavy atom. The maximum Gasteiger partial charge on any atom is 0.245 e. The van der Waals surface area contributed by atoms with Gasteiger partial charge in [0.25, 0.3) is 0 Å².